The van der Waals surface area contributed by atoms with Crippen LogP contribution in [0.3, 0.4) is 0 Å². The molecule has 1 aromatic heterocycles. The van der Waals surface area contributed by atoms with Crippen molar-refractivity contribution in [2.45, 2.75) is 19.5 Å². The van der Waals surface area contributed by atoms with Crippen molar-refractivity contribution in [1.29, 1.82) is 0 Å². The standard InChI is InChI=1S/C27H26N2O6/c1-4-35-20-10-7-18(8-11-20)25(30)23-24(19-9-12-21(33-2)22(14-19)34-3)29(27(32)26(23)31)16-17-6-5-13-28-15-17/h5-15,24,30H,4,16H2,1-3H3/t24-/m1/s1. The lowest BCUT2D eigenvalue weighted by Crippen LogP contribution is -2.29. The number of benzene rings is 2. The van der Waals surface area contributed by atoms with Crippen molar-refractivity contribution in [3.63, 3.8) is 0 Å². The Morgan fingerprint density at radius 1 is 1.03 bits per heavy atom. The van der Waals surface area contributed by atoms with Crippen molar-refractivity contribution in [3.05, 3.63) is 89.3 Å². The van der Waals surface area contributed by atoms with Crippen LogP contribution in [0, 0.1) is 0 Å². The molecule has 1 fully saturated rings. The monoisotopic (exact) mass is 474 g/mol. The lowest BCUT2D eigenvalue weighted by Gasteiger charge is -2.26. The van der Waals surface area contributed by atoms with Crippen molar-refractivity contribution in [2.24, 2.45) is 0 Å². The van der Waals surface area contributed by atoms with Gasteiger partial charge in [0.25, 0.3) is 11.7 Å². The van der Waals surface area contributed by atoms with Crippen molar-refractivity contribution < 1.29 is 28.9 Å². The summed E-state index contributed by atoms with van der Waals surface area (Å²) < 4.78 is 16.3. The molecule has 8 heteroatoms. The lowest BCUT2D eigenvalue weighted by molar-refractivity contribution is -0.140. The van der Waals surface area contributed by atoms with E-state index in [1.54, 1.807) is 60.9 Å². The van der Waals surface area contributed by atoms with Crippen LogP contribution < -0.4 is 14.2 Å². The van der Waals surface area contributed by atoms with Crippen LogP contribution in [-0.2, 0) is 16.1 Å². The number of aromatic nitrogens is 1. The fourth-order valence-corrected chi connectivity index (χ4v) is 4.13. The number of methoxy groups -OCH3 is 2. The van der Waals surface area contributed by atoms with Gasteiger partial charge >= 0.3 is 0 Å². The Hall–Kier alpha value is -4.33. The van der Waals surface area contributed by atoms with Crippen molar-refractivity contribution in [2.75, 3.05) is 20.8 Å². The number of likely N-dealkylation sites (tertiary alicyclic amines) is 1. The Balaban J connectivity index is 1.85. The summed E-state index contributed by atoms with van der Waals surface area (Å²) in [6.45, 7) is 2.52. The molecule has 1 aliphatic rings. The molecule has 4 rings (SSSR count). The topological polar surface area (TPSA) is 98.2 Å². The number of pyridine rings is 1. The van der Waals surface area contributed by atoms with E-state index in [0.29, 0.717) is 35.0 Å². The van der Waals surface area contributed by atoms with E-state index in [4.69, 9.17) is 14.2 Å². The van der Waals surface area contributed by atoms with Crippen molar-refractivity contribution in [3.8, 4) is 17.2 Å². The number of hydrogen-bond acceptors (Lipinski definition) is 7. The highest BCUT2D eigenvalue weighted by atomic mass is 16.5. The molecule has 0 bridgehead atoms. The van der Waals surface area contributed by atoms with Gasteiger partial charge in [-0.2, -0.15) is 0 Å². The van der Waals surface area contributed by atoms with Crippen LogP contribution in [-0.4, -0.2) is 47.5 Å². The van der Waals surface area contributed by atoms with Crippen molar-refractivity contribution >= 4 is 17.4 Å². The minimum atomic E-state index is -0.846. The number of aliphatic hydroxyl groups excluding tert-OH is 1. The Morgan fingerprint density at radius 2 is 1.77 bits per heavy atom. The Kier molecular flexibility index (Phi) is 7.01. The largest absolute Gasteiger partial charge is 0.507 e. The molecule has 1 atom stereocenters. The summed E-state index contributed by atoms with van der Waals surface area (Å²) in [5, 5.41) is 11.2. The van der Waals surface area contributed by atoms with E-state index in [1.165, 1.54) is 19.1 Å². The van der Waals surface area contributed by atoms with E-state index in [1.807, 2.05) is 13.0 Å². The number of Topliss-reactive ketones (excluding diaryl/α,β-unsaturated/α-hetero) is 1. The van der Waals surface area contributed by atoms with Crippen molar-refractivity contribution in [1.82, 2.24) is 9.88 Å². The molecule has 1 amide bonds. The van der Waals surface area contributed by atoms with Gasteiger partial charge in [-0.1, -0.05) is 12.1 Å². The summed E-state index contributed by atoms with van der Waals surface area (Å²) in [5.74, 6) is -0.149. The molecule has 180 valence electrons. The molecule has 2 heterocycles. The molecule has 2 aromatic carbocycles. The number of ketones is 1. The zero-order chi connectivity index (χ0) is 24.9. The quantitative estimate of drug-likeness (QED) is 0.298. The second-order valence-electron chi connectivity index (χ2n) is 7.86. The summed E-state index contributed by atoms with van der Waals surface area (Å²) in [4.78, 5) is 32.0. The van der Waals surface area contributed by atoms with Gasteiger partial charge < -0.3 is 24.2 Å². The van der Waals surface area contributed by atoms with Gasteiger partial charge in [0.05, 0.1) is 32.4 Å². The average Bonchev–Trinajstić information content (AvgIpc) is 3.14. The lowest BCUT2D eigenvalue weighted by atomic mass is 9.94. The molecular formula is C27H26N2O6. The summed E-state index contributed by atoms with van der Waals surface area (Å²) >= 11 is 0. The van der Waals surface area contributed by atoms with Crippen LogP contribution in [0.1, 0.15) is 29.7 Å². The van der Waals surface area contributed by atoms with E-state index in [9.17, 15) is 14.7 Å². The summed E-state index contributed by atoms with van der Waals surface area (Å²) in [5.41, 5.74) is 1.74. The van der Waals surface area contributed by atoms with Crippen LogP contribution in [0.4, 0.5) is 0 Å². The molecule has 8 nitrogen and oxygen atoms in total. The van der Waals surface area contributed by atoms with E-state index in [2.05, 4.69) is 4.98 Å². The van der Waals surface area contributed by atoms with Gasteiger partial charge in [-0.3, -0.25) is 14.6 Å². The predicted molar refractivity (Wildman–Crippen MR) is 129 cm³/mol. The van der Waals surface area contributed by atoms with Gasteiger partial charge in [0.1, 0.15) is 11.5 Å². The zero-order valence-electron chi connectivity index (χ0n) is 19.7. The average molecular weight is 475 g/mol. The van der Waals surface area contributed by atoms with Crippen LogP contribution in [0.2, 0.25) is 0 Å². The molecule has 3 aromatic rings. The third kappa shape index (κ3) is 4.68. The highest BCUT2D eigenvalue weighted by molar-refractivity contribution is 6.46. The molecule has 0 radical (unpaired) electrons. The first-order valence-corrected chi connectivity index (χ1v) is 11.1. The molecule has 0 spiro atoms. The Bertz CT molecular complexity index is 1250. The maximum Gasteiger partial charge on any atom is 0.295 e. The number of aliphatic hydroxyl groups is 1. The van der Waals surface area contributed by atoms with E-state index < -0.39 is 17.7 Å². The highest BCUT2D eigenvalue weighted by Crippen LogP contribution is 2.42. The SMILES string of the molecule is CCOc1ccc(C(O)=C2C(=O)C(=O)N(Cc3cccnc3)[C@@H]2c2ccc(OC)c(OC)c2)cc1. The number of hydrogen-bond donors (Lipinski definition) is 1. The number of carbonyl (C=O) groups excluding carboxylic acids is 2. The number of carbonyl (C=O) groups is 2. The van der Waals surface area contributed by atoms with Gasteiger partial charge in [-0.05, 0) is 60.5 Å². The molecule has 1 saturated heterocycles. The summed E-state index contributed by atoms with van der Waals surface area (Å²) in [6, 6.07) is 14.6. The van der Waals surface area contributed by atoms with Crippen LogP contribution in [0.25, 0.3) is 5.76 Å². The van der Waals surface area contributed by atoms with Crippen LogP contribution in [0.5, 0.6) is 17.2 Å². The number of rotatable bonds is 8. The third-order valence-corrected chi connectivity index (χ3v) is 5.78. The molecular weight excluding hydrogens is 448 g/mol. The first-order chi connectivity index (χ1) is 17.0. The van der Waals surface area contributed by atoms with E-state index in [0.717, 1.165) is 5.56 Å². The molecule has 0 saturated carbocycles. The second-order valence-corrected chi connectivity index (χ2v) is 7.86. The fourth-order valence-electron chi connectivity index (χ4n) is 4.13. The fraction of sp³-hybridized carbons (Fsp3) is 0.222. The molecule has 1 N–H and O–H groups in total. The molecule has 0 aliphatic carbocycles. The van der Waals surface area contributed by atoms with Gasteiger partial charge in [-0.15, -0.1) is 0 Å². The van der Waals surface area contributed by atoms with Gasteiger partial charge in [0, 0.05) is 24.5 Å². The second kappa shape index (κ2) is 10.3. The van der Waals surface area contributed by atoms with Gasteiger partial charge in [0.2, 0.25) is 0 Å². The first kappa shape index (κ1) is 23.8. The van der Waals surface area contributed by atoms with Gasteiger partial charge in [-0.25, -0.2) is 0 Å². The van der Waals surface area contributed by atoms with Crippen LogP contribution >= 0.6 is 0 Å². The Labute approximate surface area is 203 Å². The number of ether oxygens (including phenoxy) is 3. The predicted octanol–water partition coefficient (Wildman–Crippen LogP) is 4.12. The molecule has 0 unspecified atom stereocenters. The zero-order valence-corrected chi connectivity index (χ0v) is 19.7. The third-order valence-electron chi connectivity index (χ3n) is 5.78. The normalized spacial score (nSPS) is 16.9. The van der Waals surface area contributed by atoms with Crippen LogP contribution in [0.15, 0.2) is 72.6 Å². The van der Waals surface area contributed by atoms with Gasteiger partial charge in [0.15, 0.2) is 11.5 Å². The minimum absolute atomic E-state index is 0.00438. The van der Waals surface area contributed by atoms with E-state index >= 15 is 0 Å². The highest BCUT2D eigenvalue weighted by Gasteiger charge is 2.46. The number of amides is 1. The summed E-state index contributed by atoms with van der Waals surface area (Å²) in [7, 11) is 3.03. The van der Waals surface area contributed by atoms with E-state index in [-0.39, 0.29) is 17.9 Å². The minimum Gasteiger partial charge on any atom is -0.507 e. The maximum absolute atomic E-state index is 13.2. The number of nitrogens with zero attached hydrogens (tertiary/aromatic N) is 2. The maximum atomic E-state index is 13.2. The summed E-state index contributed by atoms with van der Waals surface area (Å²) in [6.07, 6.45) is 3.27. The molecule has 35 heavy (non-hydrogen) atoms. The Morgan fingerprint density at radius 3 is 2.40 bits per heavy atom. The first-order valence-electron chi connectivity index (χ1n) is 11.1. The smallest absolute Gasteiger partial charge is 0.295 e. The molecule has 1 aliphatic heterocycles.